The molecule has 0 saturated heterocycles. The molecule has 0 radical (unpaired) electrons. The van der Waals surface area contributed by atoms with E-state index in [0.29, 0.717) is 17.8 Å². The number of nitrogens with zero attached hydrogens (tertiary/aromatic N) is 2. The predicted octanol–water partition coefficient (Wildman–Crippen LogP) is 3.56. The van der Waals surface area contributed by atoms with E-state index in [1.165, 1.54) is 0 Å². The molecule has 158 valence electrons. The minimum Gasteiger partial charge on any atom is -0.497 e. The summed E-state index contributed by atoms with van der Waals surface area (Å²) in [5.41, 5.74) is 2.07. The van der Waals surface area contributed by atoms with Crippen molar-refractivity contribution >= 4 is 28.1 Å². The molecule has 3 atom stereocenters. The minimum atomic E-state index is -0.719. The molecule has 2 N–H and O–H groups in total. The topological polar surface area (TPSA) is 75.6 Å². The van der Waals surface area contributed by atoms with Crippen molar-refractivity contribution in [2.45, 2.75) is 50.4 Å². The van der Waals surface area contributed by atoms with E-state index in [-0.39, 0.29) is 0 Å². The molecule has 1 aromatic carbocycles. The highest BCUT2D eigenvalue weighted by Gasteiger charge is 2.26. The maximum Gasteiger partial charge on any atom is 0.191 e. The van der Waals surface area contributed by atoms with Gasteiger partial charge in [0, 0.05) is 45.8 Å². The van der Waals surface area contributed by atoms with Gasteiger partial charge in [0.15, 0.2) is 5.96 Å². The van der Waals surface area contributed by atoms with Gasteiger partial charge in [-0.3, -0.25) is 9.20 Å². The summed E-state index contributed by atoms with van der Waals surface area (Å²) in [6.45, 7) is 2.62. The Morgan fingerprint density at radius 3 is 2.83 bits per heavy atom. The standard InChI is InChI=1S/C21H30N4O2S2/c1-4-29(26)19-7-5-6-16(12-19)25-21(22-2)23-13-17-14-28-20(24-17)15-8-10-18(27-3)11-9-15/h8-11,14,16,19H,4-7,12-13H2,1-3H3,(H2,22,23,25). The number of aliphatic imine (C=N–C) groups is 1. The van der Waals surface area contributed by atoms with Crippen LogP contribution in [0.1, 0.15) is 38.3 Å². The summed E-state index contributed by atoms with van der Waals surface area (Å²) in [5.74, 6) is 2.36. The highest BCUT2D eigenvalue weighted by atomic mass is 32.2. The molecular formula is C21H30N4O2S2. The van der Waals surface area contributed by atoms with Crippen molar-refractivity contribution in [3.05, 3.63) is 35.3 Å². The molecule has 8 heteroatoms. The number of hydrogen-bond acceptors (Lipinski definition) is 5. The molecule has 1 aliphatic carbocycles. The average Bonchev–Trinajstić information content (AvgIpc) is 3.25. The van der Waals surface area contributed by atoms with E-state index in [9.17, 15) is 4.21 Å². The lowest BCUT2D eigenvalue weighted by molar-refractivity contribution is 0.413. The van der Waals surface area contributed by atoms with Crippen LogP contribution in [0.2, 0.25) is 0 Å². The first-order valence-electron chi connectivity index (χ1n) is 10.1. The van der Waals surface area contributed by atoms with Gasteiger partial charge in [0.2, 0.25) is 0 Å². The molecule has 0 aliphatic heterocycles. The van der Waals surface area contributed by atoms with Gasteiger partial charge >= 0.3 is 0 Å². The summed E-state index contributed by atoms with van der Waals surface area (Å²) in [5, 5.41) is 10.2. The monoisotopic (exact) mass is 434 g/mol. The number of benzene rings is 1. The van der Waals surface area contributed by atoms with E-state index >= 15 is 0 Å². The van der Waals surface area contributed by atoms with Gasteiger partial charge in [-0.2, -0.15) is 0 Å². The first kappa shape index (κ1) is 21.8. The highest BCUT2D eigenvalue weighted by molar-refractivity contribution is 7.85. The van der Waals surface area contributed by atoms with Crippen molar-refractivity contribution in [2.75, 3.05) is 19.9 Å². The zero-order valence-corrected chi connectivity index (χ0v) is 18.9. The predicted molar refractivity (Wildman–Crippen MR) is 122 cm³/mol. The summed E-state index contributed by atoms with van der Waals surface area (Å²) in [6, 6.07) is 8.26. The van der Waals surface area contributed by atoms with Crippen molar-refractivity contribution in [1.29, 1.82) is 0 Å². The van der Waals surface area contributed by atoms with Crippen LogP contribution < -0.4 is 15.4 Å². The van der Waals surface area contributed by atoms with Gasteiger partial charge in [-0.05, 0) is 43.5 Å². The molecule has 1 aliphatic rings. The van der Waals surface area contributed by atoms with Gasteiger partial charge in [0.25, 0.3) is 0 Å². The maximum atomic E-state index is 12.2. The molecule has 1 aromatic heterocycles. The molecule has 3 rings (SSSR count). The molecular weight excluding hydrogens is 404 g/mol. The number of methoxy groups -OCH3 is 1. The van der Waals surface area contributed by atoms with Crippen LogP contribution in [-0.2, 0) is 17.3 Å². The van der Waals surface area contributed by atoms with E-state index in [1.807, 2.05) is 31.2 Å². The smallest absolute Gasteiger partial charge is 0.191 e. The SMILES string of the molecule is CCS(=O)C1CCCC(NC(=NC)NCc2csc(-c3ccc(OC)cc3)n2)C1. The third kappa shape index (κ3) is 6.02. The van der Waals surface area contributed by atoms with E-state index in [1.54, 1.807) is 25.5 Å². The van der Waals surface area contributed by atoms with Crippen LogP contribution >= 0.6 is 11.3 Å². The summed E-state index contributed by atoms with van der Waals surface area (Å²) in [6.07, 6.45) is 4.22. The molecule has 3 unspecified atom stereocenters. The number of rotatable bonds is 7. The Hall–Kier alpha value is -1.93. The first-order valence-corrected chi connectivity index (χ1v) is 12.3. The number of guanidine groups is 1. The Morgan fingerprint density at radius 2 is 2.14 bits per heavy atom. The summed E-state index contributed by atoms with van der Waals surface area (Å²) in [7, 11) is 2.73. The molecule has 0 spiro atoms. The van der Waals surface area contributed by atoms with Crippen LogP contribution in [0.15, 0.2) is 34.6 Å². The fraction of sp³-hybridized carbons (Fsp3) is 0.524. The molecule has 6 nitrogen and oxygen atoms in total. The van der Waals surface area contributed by atoms with Gasteiger partial charge in [0.1, 0.15) is 10.8 Å². The number of thiazole rings is 1. The molecule has 0 amide bonds. The second-order valence-electron chi connectivity index (χ2n) is 7.10. The van der Waals surface area contributed by atoms with Crippen LogP contribution in [0, 0.1) is 0 Å². The quantitative estimate of drug-likeness (QED) is 0.515. The van der Waals surface area contributed by atoms with Gasteiger partial charge in [0.05, 0.1) is 19.3 Å². The maximum absolute atomic E-state index is 12.2. The normalized spacial score (nSPS) is 20.9. The Labute approximate surface area is 179 Å². The Morgan fingerprint density at radius 1 is 1.34 bits per heavy atom. The second-order valence-corrected chi connectivity index (χ2v) is 9.96. The Bertz CT molecular complexity index is 835. The molecule has 0 bridgehead atoms. The third-order valence-corrected chi connectivity index (χ3v) is 7.85. The molecule has 1 saturated carbocycles. The van der Waals surface area contributed by atoms with Crippen LogP contribution in [0.5, 0.6) is 5.75 Å². The largest absolute Gasteiger partial charge is 0.497 e. The zero-order chi connectivity index (χ0) is 20.6. The van der Waals surface area contributed by atoms with Crippen molar-refractivity contribution in [3.63, 3.8) is 0 Å². The zero-order valence-electron chi connectivity index (χ0n) is 17.3. The summed E-state index contributed by atoms with van der Waals surface area (Å²) in [4.78, 5) is 9.08. The van der Waals surface area contributed by atoms with Crippen LogP contribution in [-0.4, -0.2) is 46.4 Å². The second kappa shape index (κ2) is 10.7. The fourth-order valence-corrected chi connectivity index (χ4v) is 5.74. The van der Waals surface area contributed by atoms with Crippen LogP contribution in [0.25, 0.3) is 10.6 Å². The molecule has 1 heterocycles. The number of aromatic nitrogens is 1. The summed E-state index contributed by atoms with van der Waals surface area (Å²) < 4.78 is 17.4. The Kier molecular flexibility index (Phi) is 8.06. The average molecular weight is 435 g/mol. The van der Waals surface area contributed by atoms with Crippen LogP contribution in [0.3, 0.4) is 0 Å². The lowest BCUT2D eigenvalue weighted by Gasteiger charge is -2.30. The van der Waals surface area contributed by atoms with Gasteiger partial charge in [-0.1, -0.05) is 13.3 Å². The van der Waals surface area contributed by atoms with E-state index in [0.717, 1.165) is 59.4 Å². The van der Waals surface area contributed by atoms with Crippen molar-refractivity contribution in [3.8, 4) is 16.3 Å². The third-order valence-electron chi connectivity index (χ3n) is 5.17. The Balaban J connectivity index is 1.53. The lowest BCUT2D eigenvalue weighted by atomic mass is 9.95. The number of ether oxygens (including phenoxy) is 1. The van der Waals surface area contributed by atoms with E-state index < -0.39 is 10.8 Å². The fourth-order valence-electron chi connectivity index (χ4n) is 3.57. The van der Waals surface area contributed by atoms with Crippen molar-refractivity contribution in [1.82, 2.24) is 15.6 Å². The van der Waals surface area contributed by atoms with Crippen molar-refractivity contribution < 1.29 is 8.95 Å². The lowest BCUT2D eigenvalue weighted by Crippen LogP contribution is -2.46. The van der Waals surface area contributed by atoms with Gasteiger partial charge < -0.3 is 15.4 Å². The van der Waals surface area contributed by atoms with E-state index in [4.69, 9.17) is 9.72 Å². The van der Waals surface area contributed by atoms with Crippen LogP contribution in [0.4, 0.5) is 0 Å². The molecule has 2 aromatic rings. The van der Waals surface area contributed by atoms with E-state index in [2.05, 4.69) is 21.0 Å². The molecule has 1 fully saturated rings. The number of hydrogen-bond donors (Lipinski definition) is 2. The highest BCUT2D eigenvalue weighted by Crippen LogP contribution is 2.26. The van der Waals surface area contributed by atoms with Crippen molar-refractivity contribution in [2.24, 2.45) is 4.99 Å². The van der Waals surface area contributed by atoms with Gasteiger partial charge in [-0.15, -0.1) is 11.3 Å². The first-order chi connectivity index (χ1) is 14.1. The molecule has 29 heavy (non-hydrogen) atoms. The number of nitrogens with one attached hydrogen (secondary N) is 2. The summed E-state index contributed by atoms with van der Waals surface area (Å²) >= 11 is 1.63. The van der Waals surface area contributed by atoms with Gasteiger partial charge in [-0.25, -0.2) is 4.98 Å². The minimum absolute atomic E-state index is 0.301.